The average Bonchev–Trinajstić information content (AvgIpc) is 2.69. The lowest BCUT2D eigenvalue weighted by atomic mass is 9.49. The first kappa shape index (κ1) is 24.0. The number of halogens is 1. The number of hydrogen-bond acceptors (Lipinski definition) is 5. The zero-order chi connectivity index (χ0) is 24.0. The van der Waals surface area contributed by atoms with Crippen molar-refractivity contribution in [3.05, 3.63) is 51.6 Å². The number of aryl methyl sites for hydroxylation is 2. The summed E-state index contributed by atoms with van der Waals surface area (Å²) < 4.78 is 6.30. The maximum absolute atomic E-state index is 13.2. The van der Waals surface area contributed by atoms with E-state index in [4.69, 9.17) is 21.6 Å². The Morgan fingerprint density at radius 3 is 2.19 bits per heavy atom. The van der Waals surface area contributed by atoms with E-state index < -0.39 is 0 Å². The predicted molar refractivity (Wildman–Crippen MR) is 125 cm³/mol. The van der Waals surface area contributed by atoms with Crippen molar-refractivity contribution < 1.29 is 9.53 Å². The van der Waals surface area contributed by atoms with E-state index >= 15 is 0 Å². The molecule has 0 bridgehead atoms. The second-order valence-electron chi connectivity index (χ2n) is 10.1. The molecule has 0 unspecified atom stereocenters. The van der Waals surface area contributed by atoms with E-state index in [0.29, 0.717) is 33.3 Å². The standard InChI is InChI=1S/C25H31ClN4O2/c1-13(2)20-28-14(3)19(15(4)29-20)21(31)30-22-24(5,6)23(25(22,7)8)32-17-10-9-16(12-27)18(26)11-17/h9-11,13,22-23H,1-8H3,(H,30,31). The van der Waals surface area contributed by atoms with Crippen LogP contribution in [0.4, 0.5) is 0 Å². The minimum absolute atomic E-state index is 0.120. The minimum atomic E-state index is -0.333. The van der Waals surface area contributed by atoms with Crippen molar-refractivity contribution in [1.82, 2.24) is 15.3 Å². The summed E-state index contributed by atoms with van der Waals surface area (Å²) in [6.07, 6.45) is -0.161. The quantitative estimate of drug-likeness (QED) is 0.657. The van der Waals surface area contributed by atoms with E-state index in [1.54, 1.807) is 18.2 Å². The molecule has 1 aliphatic carbocycles. The summed E-state index contributed by atoms with van der Waals surface area (Å²) in [4.78, 5) is 22.3. The predicted octanol–water partition coefficient (Wildman–Crippen LogP) is 5.35. The molecule has 1 aliphatic rings. The van der Waals surface area contributed by atoms with Crippen LogP contribution in [0.2, 0.25) is 5.02 Å². The number of nitrogens with one attached hydrogen (secondary N) is 1. The third kappa shape index (κ3) is 4.06. The van der Waals surface area contributed by atoms with Gasteiger partial charge < -0.3 is 10.1 Å². The van der Waals surface area contributed by atoms with Crippen molar-refractivity contribution in [2.24, 2.45) is 10.8 Å². The van der Waals surface area contributed by atoms with Crippen LogP contribution in [-0.2, 0) is 0 Å². The topological polar surface area (TPSA) is 87.9 Å². The highest BCUT2D eigenvalue weighted by molar-refractivity contribution is 6.31. The van der Waals surface area contributed by atoms with Gasteiger partial charge in [-0.25, -0.2) is 9.97 Å². The molecule has 0 spiro atoms. The maximum Gasteiger partial charge on any atom is 0.255 e. The maximum atomic E-state index is 13.2. The number of hydrogen-bond donors (Lipinski definition) is 1. The normalized spacial score (nSPS) is 20.9. The number of rotatable bonds is 5. The van der Waals surface area contributed by atoms with Crippen molar-refractivity contribution in [2.45, 2.75) is 73.5 Å². The Labute approximate surface area is 195 Å². The molecule has 32 heavy (non-hydrogen) atoms. The highest BCUT2D eigenvalue weighted by Crippen LogP contribution is 2.55. The van der Waals surface area contributed by atoms with Crippen LogP contribution < -0.4 is 10.1 Å². The second kappa shape index (κ2) is 8.37. The van der Waals surface area contributed by atoms with Crippen LogP contribution in [0.5, 0.6) is 5.75 Å². The van der Waals surface area contributed by atoms with Gasteiger partial charge in [0.15, 0.2) is 0 Å². The summed E-state index contributed by atoms with van der Waals surface area (Å²) in [5.74, 6) is 1.38. The Balaban J connectivity index is 1.81. The van der Waals surface area contributed by atoms with Crippen LogP contribution in [0.25, 0.3) is 0 Å². The van der Waals surface area contributed by atoms with Gasteiger partial charge in [0.25, 0.3) is 5.91 Å². The lowest BCUT2D eigenvalue weighted by molar-refractivity contribution is -0.164. The third-order valence-electron chi connectivity index (χ3n) is 6.46. The molecule has 1 N–H and O–H groups in total. The Morgan fingerprint density at radius 2 is 1.72 bits per heavy atom. The Bertz CT molecular complexity index is 1060. The molecule has 3 rings (SSSR count). The van der Waals surface area contributed by atoms with Gasteiger partial charge in [-0.05, 0) is 26.0 Å². The van der Waals surface area contributed by atoms with E-state index in [1.807, 2.05) is 27.7 Å². The molecule has 1 aromatic carbocycles. The molecular weight excluding hydrogens is 424 g/mol. The summed E-state index contributed by atoms with van der Waals surface area (Å²) in [5.41, 5.74) is 1.65. The molecule has 0 aliphatic heterocycles. The fraction of sp³-hybridized carbons (Fsp3) is 0.520. The van der Waals surface area contributed by atoms with E-state index in [9.17, 15) is 4.79 Å². The van der Waals surface area contributed by atoms with Crippen molar-refractivity contribution in [3.63, 3.8) is 0 Å². The number of nitrogens with zero attached hydrogens (tertiary/aromatic N) is 3. The van der Waals surface area contributed by atoms with Crippen LogP contribution in [-0.4, -0.2) is 28.0 Å². The molecule has 2 aromatic rings. The van der Waals surface area contributed by atoms with Gasteiger partial charge in [0.2, 0.25) is 0 Å². The first-order valence-corrected chi connectivity index (χ1v) is 11.2. The lowest BCUT2D eigenvalue weighted by Gasteiger charge is -2.63. The lowest BCUT2D eigenvalue weighted by Crippen LogP contribution is -2.74. The number of benzene rings is 1. The fourth-order valence-corrected chi connectivity index (χ4v) is 5.34. The molecule has 1 aromatic heterocycles. The molecule has 1 heterocycles. The molecule has 1 amide bonds. The number of ether oxygens (including phenoxy) is 1. The van der Waals surface area contributed by atoms with Crippen LogP contribution >= 0.6 is 11.6 Å². The summed E-state index contributed by atoms with van der Waals surface area (Å²) in [6, 6.07) is 7.01. The van der Waals surface area contributed by atoms with Crippen LogP contribution in [0.1, 0.15) is 80.6 Å². The number of carbonyl (C=O) groups excluding carboxylic acids is 1. The molecule has 7 heteroatoms. The molecule has 0 radical (unpaired) electrons. The monoisotopic (exact) mass is 454 g/mol. The molecule has 0 atom stereocenters. The van der Waals surface area contributed by atoms with E-state index in [1.165, 1.54) is 0 Å². The van der Waals surface area contributed by atoms with Gasteiger partial charge in [0.1, 0.15) is 23.7 Å². The summed E-state index contributed by atoms with van der Waals surface area (Å²) >= 11 is 6.17. The Morgan fingerprint density at radius 1 is 1.16 bits per heavy atom. The molecule has 1 fully saturated rings. The first-order valence-electron chi connectivity index (χ1n) is 10.8. The summed E-state index contributed by atoms with van der Waals surface area (Å²) in [6.45, 7) is 16.1. The molecule has 1 saturated carbocycles. The molecule has 6 nitrogen and oxygen atoms in total. The minimum Gasteiger partial charge on any atom is -0.489 e. The van der Waals surface area contributed by atoms with E-state index in [2.05, 4.69) is 49.0 Å². The number of nitriles is 1. The van der Waals surface area contributed by atoms with Crippen molar-refractivity contribution in [1.29, 1.82) is 5.26 Å². The van der Waals surface area contributed by atoms with E-state index in [0.717, 1.165) is 5.82 Å². The number of amides is 1. The van der Waals surface area contributed by atoms with E-state index in [-0.39, 0.29) is 34.8 Å². The molecular formula is C25H31ClN4O2. The number of aromatic nitrogens is 2. The van der Waals surface area contributed by atoms with Gasteiger partial charge in [-0.3, -0.25) is 4.79 Å². The average molecular weight is 455 g/mol. The Kier molecular flexibility index (Phi) is 6.27. The van der Waals surface area contributed by atoms with Crippen LogP contribution in [0, 0.1) is 36.0 Å². The van der Waals surface area contributed by atoms with Gasteiger partial charge in [-0.1, -0.05) is 53.1 Å². The second-order valence-corrected chi connectivity index (χ2v) is 10.5. The Hall–Kier alpha value is -2.65. The SMILES string of the molecule is Cc1nc(C(C)C)nc(C)c1C(=O)NC1C(C)(C)C(Oc2ccc(C#N)c(Cl)c2)C1(C)C. The smallest absolute Gasteiger partial charge is 0.255 e. The number of carbonyl (C=O) groups is 1. The van der Waals surface area contributed by atoms with Crippen molar-refractivity contribution in [2.75, 3.05) is 0 Å². The first-order chi connectivity index (χ1) is 14.8. The van der Waals surface area contributed by atoms with Crippen LogP contribution in [0.3, 0.4) is 0 Å². The fourth-order valence-electron chi connectivity index (χ4n) is 5.13. The van der Waals surface area contributed by atoms with Crippen molar-refractivity contribution in [3.8, 4) is 11.8 Å². The zero-order valence-electron chi connectivity index (χ0n) is 20.0. The van der Waals surface area contributed by atoms with Gasteiger partial charge in [-0.2, -0.15) is 5.26 Å². The van der Waals surface area contributed by atoms with Crippen molar-refractivity contribution >= 4 is 17.5 Å². The molecule has 0 saturated heterocycles. The third-order valence-corrected chi connectivity index (χ3v) is 6.77. The van der Waals surface area contributed by atoms with Gasteiger partial charge >= 0.3 is 0 Å². The van der Waals surface area contributed by atoms with Crippen LogP contribution in [0.15, 0.2) is 18.2 Å². The van der Waals surface area contributed by atoms with Gasteiger partial charge in [-0.15, -0.1) is 0 Å². The highest BCUT2D eigenvalue weighted by atomic mass is 35.5. The summed E-state index contributed by atoms with van der Waals surface area (Å²) in [5, 5.41) is 12.7. The zero-order valence-corrected chi connectivity index (χ0v) is 20.8. The highest BCUT2D eigenvalue weighted by Gasteiger charge is 2.64. The largest absolute Gasteiger partial charge is 0.489 e. The van der Waals surface area contributed by atoms with Gasteiger partial charge in [0, 0.05) is 28.9 Å². The van der Waals surface area contributed by atoms with Gasteiger partial charge in [0.05, 0.1) is 27.5 Å². The summed E-state index contributed by atoms with van der Waals surface area (Å²) in [7, 11) is 0. The molecule has 170 valence electrons.